The van der Waals surface area contributed by atoms with E-state index in [1.807, 2.05) is 18.2 Å². The Hall–Kier alpha value is -3.20. The molecule has 1 aromatic heterocycles. The number of pyridine rings is 1. The van der Waals surface area contributed by atoms with Crippen molar-refractivity contribution >= 4 is 58.8 Å². The van der Waals surface area contributed by atoms with E-state index in [4.69, 9.17) is 11.6 Å². The molecular formula is C23H22Cl2FN5O2. The van der Waals surface area contributed by atoms with Gasteiger partial charge in [0.05, 0.1) is 35.3 Å². The first-order chi connectivity index (χ1) is 15.4. The number of halogens is 3. The van der Waals surface area contributed by atoms with Crippen molar-refractivity contribution in [1.29, 1.82) is 0 Å². The van der Waals surface area contributed by atoms with Crippen LogP contribution >= 0.6 is 24.0 Å². The third-order valence-electron chi connectivity index (χ3n) is 5.21. The molecule has 7 nitrogen and oxygen atoms in total. The lowest BCUT2D eigenvalue weighted by Gasteiger charge is -2.36. The Labute approximate surface area is 202 Å². The van der Waals surface area contributed by atoms with Crippen LogP contribution in [0.3, 0.4) is 0 Å². The van der Waals surface area contributed by atoms with Crippen LogP contribution < -0.4 is 20.4 Å². The molecule has 3 amide bonds. The molecule has 1 aliphatic heterocycles. The van der Waals surface area contributed by atoms with Gasteiger partial charge < -0.3 is 10.6 Å². The number of rotatable bonds is 5. The third kappa shape index (κ3) is 4.93. The van der Waals surface area contributed by atoms with Crippen LogP contribution in [0.25, 0.3) is 0 Å². The van der Waals surface area contributed by atoms with Crippen LogP contribution in [-0.2, 0) is 11.3 Å². The number of hydrogen-bond donors (Lipinski definition) is 2. The zero-order valence-corrected chi connectivity index (χ0v) is 19.5. The van der Waals surface area contributed by atoms with Gasteiger partial charge in [0, 0.05) is 5.02 Å². The molecule has 0 fully saturated rings. The van der Waals surface area contributed by atoms with E-state index in [1.54, 1.807) is 38.2 Å². The molecule has 0 saturated carbocycles. The number of carbonyl (C=O) groups is 2. The lowest BCUT2D eigenvalue weighted by atomic mass is 10.1. The van der Waals surface area contributed by atoms with Crippen LogP contribution in [0.1, 0.15) is 12.6 Å². The van der Waals surface area contributed by atoms with E-state index >= 15 is 0 Å². The number of carbonyl (C=O) groups excluding carboxylic acids is 2. The molecule has 0 bridgehead atoms. The number of likely N-dealkylation sites (N-methyl/N-ethyl adjacent to an activating group) is 1. The second kappa shape index (κ2) is 10.2. The van der Waals surface area contributed by atoms with Crippen LogP contribution in [0.4, 0.5) is 32.1 Å². The first kappa shape index (κ1) is 24.4. The Morgan fingerprint density at radius 2 is 1.85 bits per heavy atom. The third-order valence-corrected chi connectivity index (χ3v) is 5.45. The fraction of sp³-hybridized carbons (Fsp3) is 0.174. The number of hydrogen-bond acceptors (Lipinski definition) is 4. The van der Waals surface area contributed by atoms with Gasteiger partial charge in [0.25, 0.3) is 0 Å². The van der Waals surface area contributed by atoms with Crippen LogP contribution in [0.5, 0.6) is 0 Å². The van der Waals surface area contributed by atoms with Gasteiger partial charge in [0.15, 0.2) is 0 Å². The van der Waals surface area contributed by atoms with Gasteiger partial charge in [-0.05, 0) is 56.4 Å². The maximum atomic E-state index is 14.7. The Bertz CT molecular complexity index is 1180. The minimum Gasteiger partial charge on any atom is -0.309 e. The van der Waals surface area contributed by atoms with Gasteiger partial charge in [-0.25, -0.2) is 14.2 Å². The molecule has 2 heterocycles. The summed E-state index contributed by atoms with van der Waals surface area (Å²) in [5.41, 5.74) is 1.71. The number of urea groups is 1. The van der Waals surface area contributed by atoms with E-state index in [9.17, 15) is 14.0 Å². The largest absolute Gasteiger partial charge is 0.334 e. The van der Waals surface area contributed by atoms with Gasteiger partial charge in [-0.1, -0.05) is 29.8 Å². The molecule has 172 valence electrons. The fourth-order valence-electron chi connectivity index (χ4n) is 3.40. The maximum Gasteiger partial charge on any atom is 0.334 e. The number of nitrogens with zero attached hydrogens (tertiary/aromatic N) is 3. The first-order valence-corrected chi connectivity index (χ1v) is 10.4. The highest BCUT2D eigenvalue weighted by Crippen LogP contribution is 2.38. The number of aromatic nitrogens is 1. The molecular weight excluding hydrogens is 468 g/mol. The van der Waals surface area contributed by atoms with Crippen LogP contribution in [0, 0.1) is 5.82 Å². The van der Waals surface area contributed by atoms with Crippen molar-refractivity contribution in [2.45, 2.75) is 19.5 Å². The number of anilines is 4. The number of fused-ring (bicyclic) bond motifs is 1. The normalized spacial score (nSPS) is 13.8. The molecule has 1 unspecified atom stereocenters. The van der Waals surface area contributed by atoms with Crippen molar-refractivity contribution in [2.24, 2.45) is 0 Å². The summed E-state index contributed by atoms with van der Waals surface area (Å²) in [5, 5.41) is 5.93. The number of benzene rings is 2. The monoisotopic (exact) mass is 489 g/mol. The zero-order chi connectivity index (χ0) is 22.8. The van der Waals surface area contributed by atoms with Crippen LogP contribution in [0.15, 0.2) is 60.7 Å². The summed E-state index contributed by atoms with van der Waals surface area (Å²) in [5.74, 6) is -0.485. The fourth-order valence-corrected chi connectivity index (χ4v) is 3.56. The van der Waals surface area contributed by atoms with Gasteiger partial charge in [-0.2, -0.15) is 0 Å². The first-order valence-electron chi connectivity index (χ1n) is 9.99. The molecule has 1 atom stereocenters. The molecule has 4 rings (SSSR count). The van der Waals surface area contributed by atoms with Gasteiger partial charge in [-0.3, -0.25) is 14.6 Å². The topological polar surface area (TPSA) is 77.6 Å². The standard InChI is InChI=1S/C23H21ClFN5O2.ClH/c1-14(26-2)22(31)28-21-11-10-19-18(27-21)13-29(20-12-15(24)8-9-17(20)25)23(32)30(19)16-6-4-3-5-7-16;/h3-12,14,26H,13H2,1-2H3,(H,27,28,31);1H. The Morgan fingerprint density at radius 1 is 1.12 bits per heavy atom. The molecule has 2 N–H and O–H groups in total. The lowest BCUT2D eigenvalue weighted by molar-refractivity contribution is -0.117. The quantitative estimate of drug-likeness (QED) is 0.521. The van der Waals surface area contributed by atoms with Gasteiger partial charge in [0.1, 0.15) is 11.6 Å². The average molecular weight is 490 g/mol. The van der Waals surface area contributed by atoms with E-state index in [-0.39, 0.29) is 30.5 Å². The van der Waals surface area contributed by atoms with Crippen molar-refractivity contribution in [3.8, 4) is 0 Å². The molecule has 2 aromatic carbocycles. The summed E-state index contributed by atoms with van der Waals surface area (Å²) in [6.45, 7) is 1.74. The predicted octanol–water partition coefficient (Wildman–Crippen LogP) is 5.12. The van der Waals surface area contributed by atoms with Crippen LogP contribution in [0.2, 0.25) is 5.02 Å². The van der Waals surface area contributed by atoms with Gasteiger partial charge in [-0.15, -0.1) is 12.4 Å². The highest BCUT2D eigenvalue weighted by molar-refractivity contribution is 6.31. The molecule has 0 radical (unpaired) electrons. The maximum absolute atomic E-state index is 14.7. The van der Waals surface area contributed by atoms with Crippen molar-refractivity contribution < 1.29 is 14.0 Å². The minimum absolute atomic E-state index is 0. The lowest BCUT2D eigenvalue weighted by Crippen LogP contribution is -2.45. The molecule has 0 aliphatic carbocycles. The zero-order valence-electron chi connectivity index (χ0n) is 17.9. The van der Waals surface area contributed by atoms with E-state index in [0.29, 0.717) is 27.9 Å². The summed E-state index contributed by atoms with van der Waals surface area (Å²) in [4.78, 5) is 33.1. The van der Waals surface area contributed by atoms with Crippen molar-refractivity contribution in [1.82, 2.24) is 10.3 Å². The number of amides is 3. The van der Waals surface area contributed by atoms with E-state index < -0.39 is 17.9 Å². The summed E-state index contributed by atoms with van der Waals surface area (Å²) in [7, 11) is 1.69. The highest BCUT2D eigenvalue weighted by Gasteiger charge is 2.35. The summed E-state index contributed by atoms with van der Waals surface area (Å²) >= 11 is 6.08. The minimum atomic E-state index is -0.577. The SMILES string of the molecule is CNC(C)C(=O)Nc1ccc2c(n1)CN(c1cc(Cl)ccc1F)C(=O)N2c1ccccc1.Cl. The second-order valence-electron chi connectivity index (χ2n) is 7.30. The molecule has 0 saturated heterocycles. The second-order valence-corrected chi connectivity index (χ2v) is 7.73. The highest BCUT2D eigenvalue weighted by atomic mass is 35.5. The smallest absolute Gasteiger partial charge is 0.309 e. The summed E-state index contributed by atoms with van der Waals surface area (Å²) < 4.78 is 14.7. The van der Waals surface area contributed by atoms with E-state index in [2.05, 4.69) is 15.6 Å². The molecule has 1 aliphatic rings. The van der Waals surface area contributed by atoms with Crippen molar-refractivity contribution in [3.63, 3.8) is 0 Å². The molecule has 10 heteroatoms. The molecule has 3 aromatic rings. The predicted molar refractivity (Wildman–Crippen MR) is 130 cm³/mol. The van der Waals surface area contributed by atoms with Gasteiger partial charge >= 0.3 is 6.03 Å². The molecule has 33 heavy (non-hydrogen) atoms. The Morgan fingerprint density at radius 3 is 2.55 bits per heavy atom. The van der Waals surface area contributed by atoms with Gasteiger partial charge in [0.2, 0.25) is 5.91 Å². The van der Waals surface area contributed by atoms with Crippen LogP contribution in [-0.4, -0.2) is 30.0 Å². The Balaban J connectivity index is 0.00000306. The van der Waals surface area contributed by atoms with E-state index in [1.165, 1.54) is 28.0 Å². The van der Waals surface area contributed by atoms with E-state index in [0.717, 1.165) is 0 Å². The van der Waals surface area contributed by atoms with Crippen molar-refractivity contribution in [2.75, 3.05) is 22.2 Å². The number of nitrogens with one attached hydrogen (secondary N) is 2. The summed E-state index contributed by atoms with van der Waals surface area (Å²) in [6.07, 6.45) is 0. The van der Waals surface area contributed by atoms with Crippen molar-refractivity contribution in [3.05, 3.63) is 77.2 Å². The average Bonchev–Trinajstić information content (AvgIpc) is 2.80. The number of para-hydroxylation sites is 1. The Kier molecular flexibility index (Phi) is 7.53. The molecule has 0 spiro atoms. The summed E-state index contributed by atoms with van der Waals surface area (Å²) in [6, 6.07) is 15.6.